The second-order valence-electron chi connectivity index (χ2n) is 13.1. The Bertz CT molecular complexity index is 3340. The molecule has 10 aromatic rings. The molecular formula is C51H34N4. The summed E-state index contributed by atoms with van der Waals surface area (Å²) in [6.45, 7) is 0. The highest BCUT2D eigenvalue weighted by Gasteiger charge is 2.20. The maximum Gasteiger partial charge on any atom is 0.166 e. The predicted octanol–water partition coefficient (Wildman–Crippen LogP) is 13.0. The molecule has 258 valence electrons. The van der Waals surface area contributed by atoms with Gasteiger partial charge in [-0.2, -0.15) is 0 Å². The highest BCUT2D eigenvalue weighted by atomic mass is 15.1. The zero-order valence-corrected chi connectivity index (χ0v) is 29.3. The summed E-state index contributed by atoms with van der Waals surface area (Å²) in [7, 11) is 0. The third kappa shape index (κ3) is 6.06. The molecule has 4 nitrogen and oxygen atoms in total. The summed E-state index contributed by atoms with van der Waals surface area (Å²) in [6.07, 6.45) is 0. The fraction of sp³-hybridized carbons (Fsp3) is 0. The molecule has 55 heavy (non-hydrogen) atoms. The van der Waals surface area contributed by atoms with Gasteiger partial charge in [-0.3, -0.25) is 0 Å². The van der Waals surface area contributed by atoms with Gasteiger partial charge in [-0.25, -0.2) is 15.0 Å². The molecule has 2 heterocycles. The molecule has 4 heteroatoms. The van der Waals surface area contributed by atoms with Crippen LogP contribution in [0.15, 0.2) is 206 Å². The van der Waals surface area contributed by atoms with E-state index in [1.54, 1.807) is 6.07 Å². The van der Waals surface area contributed by atoms with Gasteiger partial charge >= 0.3 is 0 Å². The van der Waals surface area contributed by atoms with Crippen LogP contribution in [0.2, 0.25) is 0 Å². The Hall–Kier alpha value is -7.43. The van der Waals surface area contributed by atoms with Crippen molar-refractivity contribution in [1.29, 1.82) is 0 Å². The van der Waals surface area contributed by atoms with Crippen molar-refractivity contribution in [3.8, 4) is 73.2 Å². The van der Waals surface area contributed by atoms with E-state index in [0.717, 1.165) is 44.5 Å². The van der Waals surface area contributed by atoms with Crippen molar-refractivity contribution in [2.45, 2.75) is 0 Å². The normalized spacial score (nSPS) is 13.3. The average Bonchev–Trinajstić information content (AvgIpc) is 3.71. The largest absolute Gasteiger partial charge is 0.309 e. The molecule has 0 atom stereocenters. The lowest BCUT2D eigenvalue weighted by Crippen LogP contribution is -2.04. The smallest absolute Gasteiger partial charge is 0.166 e. The van der Waals surface area contributed by atoms with E-state index in [2.05, 4.69) is 6.07 Å². The number of hydrogen-bond donors (Lipinski definition) is 0. The van der Waals surface area contributed by atoms with Gasteiger partial charge in [0.25, 0.3) is 0 Å². The van der Waals surface area contributed by atoms with Crippen molar-refractivity contribution >= 4 is 21.8 Å². The van der Waals surface area contributed by atoms with Crippen molar-refractivity contribution in [1.82, 2.24) is 19.5 Å². The van der Waals surface area contributed by atoms with Gasteiger partial charge in [-0.05, 0) is 63.7 Å². The van der Waals surface area contributed by atoms with Gasteiger partial charge in [0.05, 0.1) is 27.7 Å². The van der Waals surface area contributed by atoms with Crippen LogP contribution in [0.25, 0.3) is 95.0 Å². The Morgan fingerprint density at radius 3 is 1.35 bits per heavy atom. The Morgan fingerprint density at radius 1 is 0.345 bits per heavy atom. The molecule has 0 fully saturated rings. The van der Waals surface area contributed by atoms with E-state index in [1.807, 2.05) is 146 Å². The molecule has 0 spiro atoms. The van der Waals surface area contributed by atoms with Gasteiger partial charge in [-0.1, -0.05) is 176 Å². The van der Waals surface area contributed by atoms with Crippen LogP contribution < -0.4 is 0 Å². The SMILES string of the molecule is [2H]c1c([2H])c([2H])c2c(c1[2H])c1c([2H])c([2H])c([2H])c([2H])c1n2-c1ccc(-c2cccc(-c3ccccc3)c2)cc1-c1nc(-c2ccccc2)nc(-c2ccc(-c3ccccc3)cc2)n1. The van der Waals surface area contributed by atoms with Crippen LogP contribution in [0.3, 0.4) is 0 Å². The zero-order chi connectivity index (χ0) is 43.5. The predicted molar refractivity (Wildman–Crippen MR) is 227 cm³/mol. The molecule has 0 aliphatic rings. The Morgan fingerprint density at radius 2 is 0.745 bits per heavy atom. The lowest BCUT2D eigenvalue weighted by Gasteiger charge is -2.16. The lowest BCUT2D eigenvalue weighted by molar-refractivity contribution is 1.06. The summed E-state index contributed by atoms with van der Waals surface area (Å²) in [5, 5.41) is -0.0400. The molecule has 8 aromatic carbocycles. The Kier molecular flexibility index (Phi) is 6.23. The first-order chi connectivity index (χ1) is 30.6. The van der Waals surface area contributed by atoms with Gasteiger partial charge in [0.15, 0.2) is 17.5 Å². The van der Waals surface area contributed by atoms with E-state index < -0.39 is 48.3 Å². The fourth-order valence-corrected chi connectivity index (χ4v) is 7.04. The molecule has 0 saturated heterocycles. The van der Waals surface area contributed by atoms with Crippen LogP contribution in [0.1, 0.15) is 11.0 Å². The minimum Gasteiger partial charge on any atom is -0.309 e. The number of aromatic nitrogens is 4. The van der Waals surface area contributed by atoms with Crippen LogP contribution in [-0.4, -0.2) is 19.5 Å². The van der Waals surface area contributed by atoms with E-state index in [-0.39, 0.29) is 27.6 Å². The highest BCUT2D eigenvalue weighted by molar-refractivity contribution is 6.09. The van der Waals surface area contributed by atoms with E-state index in [4.69, 9.17) is 23.2 Å². The number of fused-ring (bicyclic) bond motifs is 3. The first kappa shape index (κ1) is 24.7. The number of rotatable bonds is 7. The molecular weight excluding hydrogens is 669 g/mol. The first-order valence-corrected chi connectivity index (χ1v) is 17.9. The van der Waals surface area contributed by atoms with E-state index in [1.165, 1.54) is 4.57 Å². The summed E-state index contributed by atoms with van der Waals surface area (Å²) in [4.78, 5) is 15.2. The number of hydrogen-bond acceptors (Lipinski definition) is 3. The number of benzene rings is 8. The second-order valence-corrected chi connectivity index (χ2v) is 13.1. The van der Waals surface area contributed by atoms with Gasteiger partial charge in [-0.15, -0.1) is 0 Å². The van der Waals surface area contributed by atoms with Crippen molar-refractivity contribution < 1.29 is 11.0 Å². The quantitative estimate of drug-likeness (QED) is 0.165. The van der Waals surface area contributed by atoms with Crippen LogP contribution >= 0.6 is 0 Å². The third-order valence-electron chi connectivity index (χ3n) is 9.73. The van der Waals surface area contributed by atoms with Crippen molar-refractivity contribution in [2.75, 3.05) is 0 Å². The molecule has 0 aliphatic heterocycles. The van der Waals surface area contributed by atoms with Crippen LogP contribution in [0.5, 0.6) is 0 Å². The Balaban J connectivity index is 1.30. The van der Waals surface area contributed by atoms with Gasteiger partial charge in [0.1, 0.15) is 0 Å². The molecule has 0 unspecified atom stereocenters. The highest BCUT2D eigenvalue weighted by Crippen LogP contribution is 2.39. The molecule has 0 N–H and O–H groups in total. The standard InChI is InChI=1S/C51H34N4/c1-4-15-35(16-5-1)37-27-29-39(30-28-37)50-52-49(38-19-8-3-9-20-38)53-51(54-50)45-34-42(41-22-14-21-40(33-41)36-17-6-2-7-18-36)31-32-48(45)55-46-25-12-10-23-43(46)44-24-11-13-26-47(44)55/h1-34H/i10D,11D,12D,13D,23D,24D,25D,26D. The Labute approximate surface area is 331 Å². The summed E-state index contributed by atoms with van der Waals surface area (Å²) in [5.74, 6) is 1.00. The molecule has 0 bridgehead atoms. The van der Waals surface area contributed by atoms with Crippen molar-refractivity contribution in [3.05, 3.63) is 206 Å². The minimum absolute atomic E-state index is 0.00265. The van der Waals surface area contributed by atoms with E-state index >= 15 is 0 Å². The summed E-state index contributed by atoms with van der Waals surface area (Å²) < 4.78 is 72.9. The van der Waals surface area contributed by atoms with Crippen LogP contribution in [0.4, 0.5) is 0 Å². The lowest BCUT2D eigenvalue weighted by atomic mass is 9.97. The topological polar surface area (TPSA) is 43.6 Å². The van der Waals surface area contributed by atoms with E-state index in [0.29, 0.717) is 22.9 Å². The molecule has 2 aromatic heterocycles. The molecule has 0 aliphatic carbocycles. The fourth-order valence-electron chi connectivity index (χ4n) is 7.04. The number of para-hydroxylation sites is 2. The van der Waals surface area contributed by atoms with Gasteiger partial charge in [0, 0.05) is 27.5 Å². The average molecular weight is 711 g/mol. The number of nitrogens with zero attached hydrogens (tertiary/aromatic N) is 4. The molecule has 0 saturated carbocycles. The minimum atomic E-state index is -0.513. The zero-order valence-electron chi connectivity index (χ0n) is 37.3. The molecule has 0 amide bonds. The monoisotopic (exact) mass is 710 g/mol. The maximum absolute atomic E-state index is 9.26. The summed E-state index contributed by atoms with van der Waals surface area (Å²) in [5.41, 5.74) is 8.00. The maximum atomic E-state index is 9.26. The van der Waals surface area contributed by atoms with Crippen molar-refractivity contribution in [2.24, 2.45) is 0 Å². The second kappa shape index (κ2) is 13.8. The third-order valence-corrected chi connectivity index (χ3v) is 9.73. The van der Waals surface area contributed by atoms with E-state index in [9.17, 15) is 2.74 Å². The molecule has 0 radical (unpaired) electrons. The summed E-state index contributed by atoms with van der Waals surface area (Å²) in [6, 6.07) is 47.6. The van der Waals surface area contributed by atoms with Gasteiger partial charge < -0.3 is 4.57 Å². The first-order valence-electron chi connectivity index (χ1n) is 21.9. The molecule has 10 rings (SSSR count). The van der Waals surface area contributed by atoms with Gasteiger partial charge in [0.2, 0.25) is 0 Å². The van der Waals surface area contributed by atoms with Crippen LogP contribution in [-0.2, 0) is 0 Å². The van der Waals surface area contributed by atoms with Crippen LogP contribution in [0, 0.1) is 0 Å². The van der Waals surface area contributed by atoms with Crippen molar-refractivity contribution in [3.63, 3.8) is 0 Å². The summed E-state index contributed by atoms with van der Waals surface area (Å²) >= 11 is 0.